The highest BCUT2D eigenvalue weighted by Crippen LogP contribution is 2.61. The van der Waals surface area contributed by atoms with Gasteiger partial charge in [-0.3, -0.25) is 19.4 Å². The van der Waals surface area contributed by atoms with Crippen molar-refractivity contribution in [2.45, 2.75) is 98.3 Å². The van der Waals surface area contributed by atoms with Gasteiger partial charge in [0.25, 0.3) is 0 Å². The molecule has 3 aromatic rings. The number of fused-ring (bicyclic) bond motifs is 5. The van der Waals surface area contributed by atoms with Gasteiger partial charge in [0.1, 0.15) is 11.2 Å². The first kappa shape index (κ1) is 27.8. The number of hydrogen-bond donors (Lipinski definition) is 3. The average Bonchev–Trinajstić information content (AvgIpc) is 4.00. The molecule has 6 atom stereocenters. The van der Waals surface area contributed by atoms with Gasteiger partial charge < -0.3 is 15.2 Å². The number of H-pyrrole nitrogens is 1. The summed E-state index contributed by atoms with van der Waals surface area (Å²) < 4.78 is 0. The van der Waals surface area contributed by atoms with Gasteiger partial charge in [-0.1, -0.05) is 48.5 Å². The Morgan fingerprint density at radius 3 is 1.51 bits per heavy atom. The Balaban J connectivity index is 1.10. The zero-order valence-electron chi connectivity index (χ0n) is 26.9. The van der Waals surface area contributed by atoms with Gasteiger partial charge in [-0.2, -0.15) is 0 Å². The van der Waals surface area contributed by atoms with Gasteiger partial charge in [0.15, 0.2) is 11.6 Å². The van der Waals surface area contributed by atoms with Crippen LogP contribution in [0.5, 0.6) is 0 Å². The van der Waals surface area contributed by atoms with Gasteiger partial charge in [-0.25, -0.2) is 0 Å². The van der Waals surface area contributed by atoms with Crippen LogP contribution in [0.2, 0.25) is 0 Å². The molecule has 2 aliphatic heterocycles. The zero-order valence-corrected chi connectivity index (χ0v) is 26.9. The number of nitrogens with zero attached hydrogens (tertiary/aromatic N) is 2. The minimum Gasteiger partial charge on any atom is -0.386 e. The van der Waals surface area contributed by atoms with E-state index >= 15 is 9.59 Å². The molecule has 242 valence electrons. The van der Waals surface area contributed by atoms with Crippen molar-refractivity contribution in [2.24, 2.45) is 11.8 Å². The molecule has 4 fully saturated rings. The number of hydrogen-bond acceptors (Lipinski definition) is 6. The second-order valence-electron chi connectivity index (χ2n) is 16.6. The summed E-state index contributed by atoms with van der Waals surface area (Å²) in [6, 6.07) is 16.2. The standard InChI is InChI=1S/C40H43N3O4/c44-35-33-27(19-39(46)31-17-25-5-1-3-7-29(25)37(35,39)13-15-42(31)21-23-9-10-23)28-20-40(47)32-18-26-6-2-4-8-30(26)38(40,36(45)34(28)41-33)14-16-43(32)22-24-11-12-24/h1-8,23-24,31-32,41,46-47H,9-22H2/t31-,32-,37+,38+,39-,40-/m1/s1. The van der Waals surface area contributed by atoms with Crippen molar-refractivity contribution in [2.75, 3.05) is 26.2 Å². The maximum Gasteiger partial charge on any atom is 0.192 e. The Morgan fingerprint density at radius 1 is 0.660 bits per heavy atom. The van der Waals surface area contributed by atoms with Gasteiger partial charge in [-0.05, 0) is 110 Å². The first-order chi connectivity index (χ1) is 22.8. The number of aliphatic hydroxyl groups is 2. The predicted molar refractivity (Wildman–Crippen MR) is 176 cm³/mol. The van der Waals surface area contributed by atoms with Crippen LogP contribution in [0, 0.1) is 11.8 Å². The van der Waals surface area contributed by atoms with Crippen molar-refractivity contribution in [3.8, 4) is 0 Å². The molecule has 6 aliphatic carbocycles. The van der Waals surface area contributed by atoms with E-state index in [1.54, 1.807) is 0 Å². The maximum absolute atomic E-state index is 15.2. The highest BCUT2D eigenvalue weighted by molar-refractivity contribution is 6.12. The number of nitrogens with one attached hydrogen (secondary N) is 1. The molecule has 8 aliphatic rings. The third kappa shape index (κ3) is 3.24. The molecular weight excluding hydrogens is 586 g/mol. The predicted octanol–water partition coefficient (Wildman–Crippen LogP) is 3.91. The number of aromatic nitrogens is 1. The van der Waals surface area contributed by atoms with E-state index < -0.39 is 22.0 Å². The van der Waals surface area contributed by atoms with E-state index in [-0.39, 0.29) is 23.7 Å². The molecule has 0 spiro atoms. The lowest BCUT2D eigenvalue weighted by Crippen LogP contribution is -2.76. The van der Waals surface area contributed by atoms with Crippen molar-refractivity contribution in [1.29, 1.82) is 0 Å². The second kappa shape index (κ2) is 8.92. The number of rotatable bonds is 4. The monoisotopic (exact) mass is 629 g/mol. The minimum atomic E-state index is -1.29. The fourth-order valence-corrected chi connectivity index (χ4v) is 11.9. The normalized spacial score (nSPS) is 38.5. The van der Waals surface area contributed by atoms with Crippen LogP contribution in [0.15, 0.2) is 48.5 Å². The van der Waals surface area contributed by atoms with Gasteiger partial charge in [0.2, 0.25) is 0 Å². The number of carbonyl (C=O) groups is 2. The fourth-order valence-electron chi connectivity index (χ4n) is 11.9. The third-order valence-electron chi connectivity index (χ3n) is 14.5. The molecule has 2 aromatic carbocycles. The molecule has 11 rings (SSSR count). The van der Waals surface area contributed by atoms with E-state index in [1.807, 2.05) is 12.1 Å². The number of ketones is 2. The Hall–Kier alpha value is -3.10. The lowest BCUT2D eigenvalue weighted by Gasteiger charge is -2.63. The van der Waals surface area contributed by atoms with Crippen LogP contribution in [0.25, 0.3) is 0 Å². The highest BCUT2D eigenvalue weighted by atomic mass is 16.3. The first-order valence-corrected chi connectivity index (χ1v) is 18.2. The van der Waals surface area contributed by atoms with Crippen LogP contribution in [0.1, 0.15) is 92.9 Å². The summed E-state index contributed by atoms with van der Waals surface area (Å²) in [6.07, 6.45) is 8.18. The molecule has 0 radical (unpaired) electrons. The van der Waals surface area contributed by atoms with E-state index in [1.165, 1.54) is 25.7 Å². The molecule has 2 saturated carbocycles. The van der Waals surface area contributed by atoms with Crippen LogP contribution < -0.4 is 0 Å². The second-order valence-corrected chi connectivity index (χ2v) is 16.6. The smallest absolute Gasteiger partial charge is 0.192 e. The topological polar surface area (TPSA) is 96.9 Å². The lowest BCUT2D eigenvalue weighted by atomic mass is 9.47. The van der Waals surface area contributed by atoms with Gasteiger partial charge in [-0.15, -0.1) is 0 Å². The highest BCUT2D eigenvalue weighted by Gasteiger charge is 2.72. The number of aromatic amines is 1. The summed E-state index contributed by atoms with van der Waals surface area (Å²) in [5.41, 5.74) is 2.11. The number of benzene rings is 2. The van der Waals surface area contributed by atoms with E-state index in [0.29, 0.717) is 48.9 Å². The molecule has 0 amide bonds. The molecule has 3 N–H and O–H groups in total. The lowest BCUT2D eigenvalue weighted by molar-refractivity contribution is -0.138. The van der Waals surface area contributed by atoms with E-state index in [4.69, 9.17) is 0 Å². The summed E-state index contributed by atoms with van der Waals surface area (Å²) in [7, 11) is 0. The molecule has 7 heteroatoms. The van der Waals surface area contributed by atoms with E-state index in [2.05, 4.69) is 51.2 Å². The largest absolute Gasteiger partial charge is 0.386 e. The van der Waals surface area contributed by atoms with Crippen LogP contribution >= 0.6 is 0 Å². The summed E-state index contributed by atoms with van der Waals surface area (Å²) in [5.74, 6) is 1.21. The SMILES string of the molecule is O=C1c2[nH]c3c(c2C[C@@]2(O)[C@H]4Cc5ccccc5[C@@]12CCN4CC1CC1)C[C@@]1(O)[C@H]2Cc4ccccc4[C@@]1(CCN2CC1CC1)C3=O. The van der Waals surface area contributed by atoms with Crippen molar-refractivity contribution < 1.29 is 19.8 Å². The molecule has 1 aromatic heterocycles. The summed E-state index contributed by atoms with van der Waals surface area (Å²) in [4.78, 5) is 38.9. The minimum absolute atomic E-state index is 0.0714. The van der Waals surface area contributed by atoms with Gasteiger partial charge in [0.05, 0.1) is 22.2 Å². The van der Waals surface area contributed by atoms with Crippen molar-refractivity contribution in [1.82, 2.24) is 14.8 Å². The summed E-state index contributed by atoms with van der Waals surface area (Å²) in [5, 5.41) is 26.4. The van der Waals surface area contributed by atoms with Crippen molar-refractivity contribution in [3.63, 3.8) is 0 Å². The molecular formula is C40H43N3O4. The third-order valence-corrected chi connectivity index (χ3v) is 14.5. The first-order valence-electron chi connectivity index (χ1n) is 18.2. The Labute approximate surface area is 275 Å². The van der Waals surface area contributed by atoms with Crippen LogP contribution in [-0.4, -0.2) is 86.0 Å². The van der Waals surface area contributed by atoms with Gasteiger partial charge in [0, 0.05) is 38.0 Å². The molecule has 0 unspecified atom stereocenters. The molecule has 4 bridgehead atoms. The number of carbonyl (C=O) groups excluding carboxylic acids is 2. The fraction of sp³-hybridized carbons (Fsp3) is 0.550. The molecule has 7 nitrogen and oxygen atoms in total. The number of likely N-dealkylation sites (tertiary alicyclic amines) is 2. The Bertz CT molecular complexity index is 1770. The Morgan fingerprint density at radius 2 is 1.09 bits per heavy atom. The van der Waals surface area contributed by atoms with E-state index in [0.717, 1.165) is 72.4 Å². The number of piperidine rings is 2. The molecule has 2 saturated heterocycles. The van der Waals surface area contributed by atoms with E-state index in [9.17, 15) is 10.2 Å². The Kier molecular flexibility index (Phi) is 5.28. The van der Waals surface area contributed by atoms with Gasteiger partial charge >= 0.3 is 0 Å². The quantitative estimate of drug-likeness (QED) is 0.405. The molecule has 47 heavy (non-hydrogen) atoms. The van der Waals surface area contributed by atoms with Crippen molar-refractivity contribution in [3.05, 3.63) is 93.3 Å². The maximum atomic E-state index is 15.2. The van der Waals surface area contributed by atoms with Crippen molar-refractivity contribution >= 4 is 11.6 Å². The summed E-state index contributed by atoms with van der Waals surface area (Å²) >= 11 is 0. The van der Waals surface area contributed by atoms with Crippen LogP contribution in [0.4, 0.5) is 0 Å². The zero-order chi connectivity index (χ0) is 31.5. The summed E-state index contributed by atoms with van der Waals surface area (Å²) in [6.45, 7) is 3.51. The number of Topliss-reactive ketones (excluding diaryl/α,β-unsaturated/α-hetero) is 2. The average molecular weight is 630 g/mol. The van der Waals surface area contributed by atoms with Crippen LogP contribution in [0.3, 0.4) is 0 Å². The van der Waals surface area contributed by atoms with Crippen LogP contribution in [-0.2, 0) is 36.5 Å². The molecule has 3 heterocycles.